The van der Waals surface area contributed by atoms with E-state index < -0.39 is 0 Å². The van der Waals surface area contributed by atoms with Gasteiger partial charge in [0, 0.05) is 39.8 Å². The summed E-state index contributed by atoms with van der Waals surface area (Å²) >= 11 is 6.14. The van der Waals surface area contributed by atoms with Gasteiger partial charge < -0.3 is 15.5 Å². The predicted octanol–water partition coefficient (Wildman–Crippen LogP) is 1.97. The van der Waals surface area contributed by atoms with Crippen LogP contribution in [-0.4, -0.2) is 46.8 Å². The number of nitrogens with one attached hydrogen (secondary N) is 2. The van der Waals surface area contributed by atoms with E-state index in [-0.39, 0.29) is 11.2 Å². The van der Waals surface area contributed by atoms with Gasteiger partial charge in [0.05, 0.1) is 10.7 Å². The smallest absolute Gasteiger partial charge is 0.332 e. The number of benzene rings is 1. The van der Waals surface area contributed by atoms with Crippen LogP contribution < -0.4 is 21.9 Å². The highest BCUT2D eigenvalue weighted by Crippen LogP contribution is 2.20. The SMILES string of the molecule is CCN(CCCNc1ccccc1Cl)CCNc1cc(=O)n(C)c(=O)n1C. The van der Waals surface area contributed by atoms with E-state index in [2.05, 4.69) is 22.5 Å². The Morgan fingerprint density at radius 3 is 2.48 bits per heavy atom. The molecule has 0 saturated heterocycles. The maximum absolute atomic E-state index is 11.9. The Kier molecular flexibility index (Phi) is 7.94. The number of anilines is 2. The van der Waals surface area contributed by atoms with E-state index in [4.69, 9.17) is 11.6 Å². The Hall–Kier alpha value is -2.25. The fourth-order valence-electron chi connectivity index (χ4n) is 2.80. The zero-order valence-corrected chi connectivity index (χ0v) is 16.9. The largest absolute Gasteiger partial charge is 0.384 e. The van der Waals surface area contributed by atoms with Gasteiger partial charge in [-0.2, -0.15) is 0 Å². The lowest BCUT2D eigenvalue weighted by Gasteiger charge is -2.21. The fraction of sp³-hybridized carbons (Fsp3) is 0.474. The molecule has 8 heteroatoms. The minimum Gasteiger partial charge on any atom is -0.384 e. The van der Waals surface area contributed by atoms with Gasteiger partial charge in [-0.25, -0.2) is 4.79 Å². The van der Waals surface area contributed by atoms with Crippen LogP contribution in [0.5, 0.6) is 0 Å². The zero-order valence-electron chi connectivity index (χ0n) is 16.2. The number of hydrogen-bond acceptors (Lipinski definition) is 5. The molecule has 2 aromatic rings. The second-order valence-electron chi connectivity index (χ2n) is 6.39. The summed E-state index contributed by atoms with van der Waals surface area (Å²) in [6.45, 7) is 6.33. The van der Waals surface area contributed by atoms with Gasteiger partial charge in [-0.3, -0.25) is 13.9 Å². The molecule has 0 aliphatic carbocycles. The third-order valence-electron chi connectivity index (χ3n) is 4.55. The van der Waals surface area contributed by atoms with Crippen LogP contribution in [0, 0.1) is 0 Å². The molecule has 0 aliphatic heterocycles. The van der Waals surface area contributed by atoms with Crippen LogP contribution in [-0.2, 0) is 14.1 Å². The Morgan fingerprint density at radius 1 is 1.04 bits per heavy atom. The molecule has 2 N–H and O–H groups in total. The highest BCUT2D eigenvalue weighted by atomic mass is 35.5. The number of aromatic nitrogens is 2. The minimum atomic E-state index is -0.331. The molecule has 0 bridgehead atoms. The number of halogens is 1. The van der Waals surface area contributed by atoms with Crippen LogP contribution in [0.4, 0.5) is 11.5 Å². The zero-order chi connectivity index (χ0) is 19.8. The third-order valence-corrected chi connectivity index (χ3v) is 4.88. The van der Waals surface area contributed by atoms with E-state index in [0.717, 1.165) is 47.9 Å². The lowest BCUT2D eigenvalue weighted by atomic mass is 10.3. The molecule has 0 spiro atoms. The molecule has 0 amide bonds. The van der Waals surface area contributed by atoms with Gasteiger partial charge >= 0.3 is 5.69 Å². The quantitative estimate of drug-likeness (QED) is 0.604. The maximum Gasteiger partial charge on any atom is 0.332 e. The molecule has 27 heavy (non-hydrogen) atoms. The summed E-state index contributed by atoms with van der Waals surface area (Å²) in [7, 11) is 3.13. The van der Waals surface area contributed by atoms with E-state index in [9.17, 15) is 9.59 Å². The number of hydrogen-bond donors (Lipinski definition) is 2. The van der Waals surface area contributed by atoms with Gasteiger partial charge in [0.1, 0.15) is 5.82 Å². The van der Waals surface area contributed by atoms with Crippen molar-refractivity contribution < 1.29 is 0 Å². The Morgan fingerprint density at radius 2 is 1.78 bits per heavy atom. The van der Waals surface area contributed by atoms with E-state index >= 15 is 0 Å². The first-order valence-electron chi connectivity index (χ1n) is 9.15. The molecular formula is C19H28ClN5O2. The Balaban J connectivity index is 1.77. The second kappa shape index (κ2) is 10.2. The van der Waals surface area contributed by atoms with Crippen LogP contribution in [0.25, 0.3) is 0 Å². The topological polar surface area (TPSA) is 71.3 Å². The molecular weight excluding hydrogens is 366 g/mol. The summed E-state index contributed by atoms with van der Waals surface area (Å²) in [6, 6.07) is 9.17. The van der Waals surface area contributed by atoms with Crippen LogP contribution in [0.2, 0.25) is 5.02 Å². The van der Waals surface area contributed by atoms with Crippen LogP contribution in [0.15, 0.2) is 39.9 Å². The second-order valence-corrected chi connectivity index (χ2v) is 6.80. The molecule has 1 aromatic carbocycles. The summed E-state index contributed by atoms with van der Waals surface area (Å²) in [4.78, 5) is 26.0. The first-order chi connectivity index (χ1) is 12.9. The standard InChI is InChI=1S/C19H28ClN5O2/c1-4-25(12-7-10-21-16-9-6-5-8-15(16)20)13-11-22-17-14-18(26)24(3)19(27)23(17)2/h5-6,8-9,14,21-22H,4,7,10-13H2,1-3H3. The highest BCUT2D eigenvalue weighted by molar-refractivity contribution is 6.33. The number of para-hydroxylation sites is 1. The Bertz CT molecular complexity index is 862. The van der Waals surface area contributed by atoms with Crippen molar-refractivity contribution in [2.75, 3.05) is 43.4 Å². The van der Waals surface area contributed by atoms with Crippen molar-refractivity contribution in [3.05, 3.63) is 56.2 Å². The molecule has 2 rings (SSSR count). The Labute approximate surface area is 164 Å². The summed E-state index contributed by atoms with van der Waals surface area (Å²) in [5.74, 6) is 0.541. The molecule has 7 nitrogen and oxygen atoms in total. The van der Waals surface area contributed by atoms with Crippen molar-refractivity contribution in [1.29, 1.82) is 0 Å². The summed E-state index contributed by atoms with van der Waals surface area (Å²) in [6.07, 6.45) is 0.990. The predicted molar refractivity (Wildman–Crippen MR) is 112 cm³/mol. The first-order valence-corrected chi connectivity index (χ1v) is 9.53. The molecule has 0 aliphatic rings. The van der Waals surface area contributed by atoms with Gasteiger partial charge in [-0.1, -0.05) is 30.7 Å². The number of nitrogens with zero attached hydrogens (tertiary/aromatic N) is 3. The third kappa shape index (κ3) is 5.87. The van der Waals surface area contributed by atoms with E-state index in [1.165, 1.54) is 17.7 Å². The lowest BCUT2D eigenvalue weighted by Crippen LogP contribution is -2.38. The molecule has 0 radical (unpaired) electrons. The summed E-state index contributed by atoms with van der Waals surface area (Å²) < 4.78 is 2.54. The van der Waals surface area contributed by atoms with Crippen molar-refractivity contribution in [2.45, 2.75) is 13.3 Å². The van der Waals surface area contributed by atoms with Gasteiger partial charge in [0.25, 0.3) is 5.56 Å². The number of likely N-dealkylation sites (N-methyl/N-ethyl adjacent to an activating group) is 1. The van der Waals surface area contributed by atoms with Crippen molar-refractivity contribution in [3.8, 4) is 0 Å². The van der Waals surface area contributed by atoms with Crippen LogP contribution in [0.1, 0.15) is 13.3 Å². The highest BCUT2D eigenvalue weighted by Gasteiger charge is 2.07. The van der Waals surface area contributed by atoms with Crippen LogP contribution >= 0.6 is 11.6 Å². The average Bonchev–Trinajstić information content (AvgIpc) is 2.67. The first kappa shape index (κ1) is 21.1. The van der Waals surface area contributed by atoms with Gasteiger partial charge in [0.15, 0.2) is 0 Å². The maximum atomic E-state index is 11.9. The molecule has 1 heterocycles. The van der Waals surface area contributed by atoms with Crippen LogP contribution in [0.3, 0.4) is 0 Å². The van der Waals surface area contributed by atoms with E-state index in [1.54, 1.807) is 7.05 Å². The fourth-order valence-corrected chi connectivity index (χ4v) is 3.01. The van der Waals surface area contributed by atoms with Crippen molar-refractivity contribution in [3.63, 3.8) is 0 Å². The monoisotopic (exact) mass is 393 g/mol. The van der Waals surface area contributed by atoms with Gasteiger partial charge in [-0.05, 0) is 31.6 Å². The molecule has 0 fully saturated rings. The van der Waals surface area contributed by atoms with E-state index in [1.807, 2.05) is 24.3 Å². The summed E-state index contributed by atoms with van der Waals surface area (Å²) in [5, 5.41) is 7.27. The average molecular weight is 394 g/mol. The van der Waals surface area contributed by atoms with Crippen molar-refractivity contribution >= 4 is 23.1 Å². The molecule has 1 aromatic heterocycles. The molecule has 0 saturated carbocycles. The van der Waals surface area contributed by atoms with E-state index in [0.29, 0.717) is 12.4 Å². The van der Waals surface area contributed by atoms with Gasteiger partial charge in [0.2, 0.25) is 0 Å². The normalized spacial score (nSPS) is 11.0. The molecule has 0 unspecified atom stereocenters. The van der Waals surface area contributed by atoms with Crippen molar-refractivity contribution in [1.82, 2.24) is 14.0 Å². The summed E-state index contributed by atoms with van der Waals surface area (Å²) in [5.41, 5.74) is 0.317. The minimum absolute atomic E-state index is 0.307. The molecule has 0 atom stereocenters. The lowest BCUT2D eigenvalue weighted by molar-refractivity contribution is 0.298. The number of rotatable bonds is 10. The molecule has 148 valence electrons. The van der Waals surface area contributed by atoms with Crippen molar-refractivity contribution in [2.24, 2.45) is 14.1 Å². The van der Waals surface area contributed by atoms with Gasteiger partial charge in [-0.15, -0.1) is 0 Å².